The average Bonchev–Trinajstić information content (AvgIpc) is 3.41. The van der Waals surface area contributed by atoms with E-state index in [1.54, 1.807) is 20.3 Å². The molecule has 0 atom stereocenters. The van der Waals surface area contributed by atoms with Gasteiger partial charge in [-0.3, -0.25) is 10.1 Å². The second kappa shape index (κ2) is 8.83. The summed E-state index contributed by atoms with van der Waals surface area (Å²) in [5, 5.41) is 12.1. The lowest BCUT2D eigenvalue weighted by molar-refractivity contribution is -0.111. The van der Waals surface area contributed by atoms with Crippen LogP contribution < -0.4 is 24.3 Å². The van der Waals surface area contributed by atoms with E-state index in [1.165, 1.54) is 17.4 Å². The number of anilines is 1. The highest BCUT2D eigenvalue weighted by Gasteiger charge is 2.13. The number of amides is 1. The summed E-state index contributed by atoms with van der Waals surface area (Å²) >= 11 is 1.32. The Hall–Kier alpha value is -3.59. The van der Waals surface area contributed by atoms with Gasteiger partial charge in [-0.25, -0.2) is 0 Å². The van der Waals surface area contributed by atoms with Gasteiger partial charge in [-0.05, 0) is 41.5 Å². The van der Waals surface area contributed by atoms with E-state index in [0.29, 0.717) is 34.6 Å². The minimum atomic E-state index is -0.290. The molecule has 1 aliphatic rings. The SMILES string of the molecule is COc1ccc(Cc2nnc(NC(=O)/C=C/c3ccc4c(c3)OCO4)s2)cc1OC. The molecule has 0 spiro atoms. The van der Waals surface area contributed by atoms with E-state index in [9.17, 15) is 4.79 Å². The fourth-order valence-corrected chi connectivity index (χ4v) is 3.65. The van der Waals surface area contributed by atoms with Crippen molar-refractivity contribution in [2.75, 3.05) is 26.3 Å². The highest BCUT2D eigenvalue weighted by atomic mass is 32.1. The van der Waals surface area contributed by atoms with E-state index in [2.05, 4.69) is 15.5 Å². The van der Waals surface area contributed by atoms with E-state index >= 15 is 0 Å². The Morgan fingerprint density at radius 1 is 1.10 bits per heavy atom. The molecular formula is C21H19N3O5S. The van der Waals surface area contributed by atoms with E-state index in [0.717, 1.165) is 16.1 Å². The molecule has 0 saturated carbocycles. The molecule has 1 amide bonds. The molecule has 0 aliphatic carbocycles. The van der Waals surface area contributed by atoms with E-state index in [-0.39, 0.29) is 12.7 Å². The topological polar surface area (TPSA) is 91.8 Å². The molecule has 8 nitrogen and oxygen atoms in total. The van der Waals surface area contributed by atoms with E-state index < -0.39 is 0 Å². The fourth-order valence-electron chi connectivity index (χ4n) is 2.88. The van der Waals surface area contributed by atoms with Crippen molar-refractivity contribution in [1.82, 2.24) is 10.2 Å². The summed E-state index contributed by atoms with van der Waals surface area (Å²) in [6.45, 7) is 0.214. The summed E-state index contributed by atoms with van der Waals surface area (Å²) in [6, 6.07) is 11.2. The molecule has 1 N–H and O–H groups in total. The number of ether oxygens (including phenoxy) is 4. The maximum absolute atomic E-state index is 12.2. The van der Waals surface area contributed by atoms with Crippen LogP contribution in [0, 0.1) is 0 Å². The van der Waals surface area contributed by atoms with Gasteiger partial charge in [-0.1, -0.05) is 23.5 Å². The lowest BCUT2D eigenvalue weighted by Crippen LogP contribution is -2.07. The largest absolute Gasteiger partial charge is 0.493 e. The van der Waals surface area contributed by atoms with Crippen molar-refractivity contribution >= 4 is 28.5 Å². The van der Waals surface area contributed by atoms with Gasteiger partial charge in [0.15, 0.2) is 23.0 Å². The number of nitrogens with one attached hydrogen (secondary N) is 1. The third-order valence-electron chi connectivity index (χ3n) is 4.32. The van der Waals surface area contributed by atoms with Crippen LogP contribution in [0.4, 0.5) is 5.13 Å². The number of hydrogen-bond acceptors (Lipinski definition) is 8. The van der Waals surface area contributed by atoms with Gasteiger partial charge < -0.3 is 18.9 Å². The Morgan fingerprint density at radius 3 is 2.77 bits per heavy atom. The summed E-state index contributed by atoms with van der Waals surface area (Å²) in [7, 11) is 3.19. The standard InChI is InChI=1S/C21H19N3O5S/c1-26-15-6-4-14(10-17(15)27-2)11-20-23-24-21(30-20)22-19(25)8-5-13-3-7-16-18(9-13)29-12-28-16/h3-10H,11-12H2,1-2H3,(H,22,24,25)/b8-5+. The van der Waals surface area contributed by atoms with Gasteiger partial charge in [-0.2, -0.15) is 0 Å². The smallest absolute Gasteiger partial charge is 0.250 e. The van der Waals surface area contributed by atoms with Gasteiger partial charge in [0.1, 0.15) is 5.01 Å². The first-order valence-electron chi connectivity index (χ1n) is 9.06. The van der Waals surface area contributed by atoms with E-state index in [1.807, 2.05) is 36.4 Å². The van der Waals surface area contributed by atoms with Gasteiger partial charge in [0.25, 0.3) is 0 Å². The lowest BCUT2D eigenvalue weighted by atomic mass is 10.1. The number of carbonyl (C=O) groups excluding carboxylic acids is 1. The number of hydrogen-bond donors (Lipinski definition) is 1. The molecule has 9 heteroatoms. The van der Waals surface area contributed by atoms with Crippen LogP contribution in [0.5, 0.6) is 23.0 Å². The Bertz CT molecular complexity index is 1100. The summed E-state index contributed by atoms with van der Waals surface area (Å²) in [5.41, 5.74) is 1.84. The molecule has 0 saturated heterocycles. The summed E-state index contributed by atoms with van der Waals surface area (Å²) < 4.78 is 21.2. The summed E-state index contributed by atoms with van der Waals surface area (Å²) in [6.07, 6.45) is 3.71. The zero-order chi connectivity index (χ0) is 20.9. The Kier molecular flexibility index (Phi) is 5.80. The van der Waals surface area contributed by atoms with Gasteiger partial charge in [0.2, 0.25) is 17.8 Å². The van der Waals surface area contributed by atoms with Crippen LogP contribution >= 0.6 is 11.3 Å². The number of methoxy groups -OCH3 is 2. The van der Waals surface area contributed by atoms with Crippen LogP contribution in [-0.2, 0) is 11.2 Å². The van der Waals surface area contributed by atoms with Crippen LogP contribution in [0.1, 0.15) is 16.1 Å². The van der Waals surface area contributed by atoms with Gasteiger partial charge in [-0.15, -0.1) is 10.2 Å². The van der Waals surface area contributed by atoms with Gasteiger partial charge >= 0.3 is 0 Å². The van der Waals surface area contributed by atoms with Crippen LogP contribution in [0.25, 0.3) is 6.08 Å². The van der Waals surface area contributed by atoms with Crippen molar-refractivity contribution in [2.45, 2.75) is 6.42 Å². The molecule has 1 aliphatic heterocycles. The van der Waals surface area contributed by atoms with Crippen LogP contribution in [0.15, 0.2) is 42.5 Å². The molecule has 4 rings (SSSR count). The van der Waals surface area contributed by atoms with Gasteiger partial charge in [0, 0.05) is 12.5 Å². The molecule has 3 aromatic rings. The van der Waals surface area contributed by atoms with Crippen molar-refractivity contribution in [3.63, 3.8) is 0 Å². The third kappa shape index (κ3) is 4.52. The Morgan fingerprint density at radius 2 is 1.93 bits per heavy atom. The quantitative estimate of drug-likeness (QED) is 0.579. The van der Waals surface area contributed by atoms with Crippen molar-refractivity contribution in [1.29, 1.82) is 0 Å². The molecule has 0 radical (unpaired) electrons. The number of aromatic nitrogens is 2. The average molecular weight is 425 g/mol. The predicted octanol–water partition coefficient (Wildman–Crippen LogP) is 3.53. The number of rotatable bonds is 7. The zero-order valence-corrected chi connectivity index (χ0v) is 17.2. The predicted molar refractivity (Wildman–Crippen MR) is 112 cm³/mol. The third-order valence-corrected chi connectivity index (χ3v) is 5.16. The lowest BCUT2D eigenvalue weighted by Gasteiger charge is -2.08. The number of fused-ring (bicyclic) bond motifs is 1. The number of benzene rings is 2. The summed E-state index contributed by atoms with van der Waals surface area (Å²) in [4.78, 5) is 12.2. The number of carbonyl (C=O) groups is 1. The maximum atomic E-state index is 12.2. The minimum Gasteiger partial charge on any atom is -0.493 e. The molecule has 2 heterocycles. The van der Waals surface area contributed by atoms with E-state index in [4.69, 9.17) is 18.9 Å². The van der Waals surface area contributed by atoms with Crippen molar-refractivity contribution in [3.05, 3.63) is 58.6 Å². The molecule has 30 heavy (non-hydrogen) atoms. The first-order chi connectivity index (χ1) is 14.6. The second-order valence-electron chi connectivity index (χ2n) is 6.30. The minimum absolute atomic E-state index is 0.214. The van der Waals surface area contributed by atoms with Crippen molar-refractivity contribution < 1.29 is 23.7 Å². The molecule has 0 fully saturated rings. The number of nitrogens with zero attached hydrogens (tertiary/aromatic N) is 2. The monoisotopic (exact) mass is 425 g/mol. The maximum Gasteiger partial charge on any atom is 0.250 e. The first-order valence-corrected chi connectivity index (χ1v) is 9.88. The normalized spacial score (nSPS) is 12.2. The molecule has 2 aromatic carbocycles. The summed E-state index contributed by atoms with van der Waals surface area (Å²) in [5.74, 6) is 2.40. The molecule has 0 bridgehead atoms. The highest BCUT2D eigenvalue weighted by molar-refractivity contribution is 7.15. The Balaban J connectivity index is 1.36. The molecule has 0 unspecified atom stereocenters. The Labute approximate surface area is 177 Å². The molecule has 154 valence electrons. The molecular weight excluding hydrogens is 406 g/mol. The van der Waals surface area contributed by atoms with Gasteiger partial charge in [0.05, 0.1) is 14.2 Å². The zero-order valence-electron chi connectivity index (χ0n) is 16.4. The van der Waals surface area contributed by atoms with Crippen molar-refractivity contribution in [2.24, 2.45) is 0 Å². The van der Waals surface area contributed by atoms with Crippen LogP contribution in [-0.4, -0.2) is 37.1 Å². The second-order valence-corrected chi connectivity index (χ2v) is 7.36. The highest BCUT2D eigenvalue weighted by Crippen LogP contribution is 2.33. The van der Waals surface area contributed by atoms with Crippen LogP contribution in [0.3, 0.4) is 0 Å². The van der Waals surface area contributed by atoms with Crippen molar-refractivity contribution in [3.8, 4) is 23.0 Å². The fraction of sp³-hybridized carbons (Fsp3) is 0.190. The first kappa shape index (κ1) is 19.7. The molecule has 1 aromatic heterocycles. The van der Waals surface area contributed by atoms with Crippen LogP contribution in [0.2, 0.25) is 0 Å².